The fourth-order valence-corrected chi connectivity index (χ4v) is 4.69. The molecule has 128 valence electrons. The number of anilines is 1. The van der Waals surface area contributed by atoms with Gasteiger partial charge in [0.25, 0.3) is 0 Å². The smallest absolute Gasteiger partial charge is 0.233 e. The minimum Gasteiger partial charge on any atom is -0.361 e. The summed E-state index contributed by atoms with van der Waals surface area (Å²) in [4.78, 5) is 12.5. The summed E-state index contributed by atoms with van der Waals surface area (Å²) in [6.45, 7) is 5.56. The molecule has 2 saturated carbocycles. The molecule has 0 radical (unpaired) electrons. The van der Waals surface area contributed by atoms with Crippen molar-refractivity contribution >= 4 is 11.7 Å². The average Bonchev–Trinajstić information content (AvgIpc) is 3.32. The Morgan fingerprint density at radius 3 is 2.83 bits per heavy atom. The summed E-state index contributed by atoms with van der Waals surface area (Å²) < 4.78 is 5.16. The Balaban J connectivity index is 1.45. The molecule has 4 rings (SSSR count). The number of carbonyl (C=O) groups excluding carboxylic acids is 1. The van der Waals surface area contributed by atoms with Gasteiger partial charge < -0.3 is 9.84 Å². The Labute approximate surface area is 141 Å². The highest BCUT2D eigenvalue weighted by molar-refractivity contribution is 5.95. The molecule has 2 aromatic heterocycles. The molecular formula is C18H24N4O2. The third-order valence-corrected chi connectivity index (χ3v) is 5.90. The zero-order valence-electron chi connectivity index (χ0n) is 14.4. The van der Waals surface area contributed by atoms with E-state index in [1.54, 1.807) is 0 Å². The van der Waals surface area contributed by atoms with Crippen LogP contribution in [0.4, 0.5) is 5.82 Å². The first-order valence-electron chi connectivity index (χ1n) is 8.82. The molecule has 0 unspecified atom stereocenters. The van der Waals surface area contributed by atoms with Crippen LogP contribution < -0.4 is 5.32 Å². The molecule has 6 heteroatoms. The lowest BCUT2D eigenvalue weighted by Gasteiger charge is -2.19. The van der Waals surface area contributed by atoms with Gasteiger partial charge in [0.05, 0.1) is 11.6 Å². The Hall–Kier alpha value is -2.11. The minimum atomic E-state index is -0.320. The lowest BCUT2D eigenvalue weighted by Crippen LogP contribution is -2.20. The summed E-state index contributed by atoms with van der Waals surface area (Å²) in [5, 5.41) is 14.3. The SMILES string of the molecule is Cc1noc(C)c1[C@H](C)C(=O)Nc1cc([C@@H]2C[C@H]3CC[C@H]2C3)[nH]n1. The number of nitrogens with one attached hydrogen (secondary N) is 2. The van der Waals surface area contributed by atoms with Crippen molar-refractivity contribution in [3.05, 3.63) is 28.8 Å². The van der Waals surface area contributed by atoms with E-state index in [2.05, 4.69) is 20.7 Å². The van der Waals surface area contributed by atoms with Crippen LogP contribution >= 0.6 is 0 Å². The van der Waals surface area contributed by atoms with Gasteiger partial charge in [-0.05, 0) is 51.9 Å². The molecule has 2 aliphatic rings. The highest BCUT2D eigenvalue weighted by Gasteiger charge is 2.41. The fraction of sp³-hybridized carbons (Fsp3) is 0.611. The van der Waals surface area contributed by atoms with Gasteiger partial charge in [-0.3, -0.25) is 9.89 Å². The van der Waals surface area contributed by atoms with E-state index in [-0.39, 0.29) is 11.8 Å². The summed E-state index contributed by atoms with van der Waals surface area (Å²) in [5.41, 5.74) is 2.79. The fourth-order valence-electron chi connectivity index (χ4n) is 4.69. The highest BCUT2D eigenvalue weighted by atomic mass is 16.5. The van der Waals surface area contributed by atoms with Gasteiger partial charge >= 0.3 is 0 Å². The lowest BCUT2D eigenvalue weighted by atomic mass is 9.86. The van der Waals surface area contributed by atoms with Crippen molar-refractivity contribution in [3.8, 4) is 0 Å². The van der Waals surface area contributed by atoms with E-state index in [1.165, 1.54) is 31.4 Å². The van der Waals surface area contributed by atoms with Gasteiger partial charge in [-0.2, -0.15) is 5.10 Å². The first-order chi connectivity index (χ1) is 11.5. The normalized spacial score (nSPS) is 26.7. The van der Waals surface area contributed by atoms with Gasteiger partial charge in [0.2, 0.25) is 5.91 Å². The quantitative estimate of drug-likeness (QED) is 0.897. The summed E-state index contributed by atoms with van der Waals surface area (Å²) >= 11 is 0. The van der Waals surface area contributed by atoms with Crippen LogP contribution in [0.25, 0.3) is 0 Å². The van der Waals surface area contributed by atoms with Crippen LogP contribution in [0.3, 0.4) is 0 Å². The molecule has 2 N–H and O–H groups in total. The largest absolute Gasteiger partial charge is 0.361 e. The first kappa shape index (κ1) is 15.4. The van der Waals surface area contributed by atoms with Gasteiger partial charge in [0, 0.05) is 23.2 Å². The Morgan fingerprint density at radius 1 is 1.38 bits per heavy atom. The maximum absolute atomic E-state index is 12.5. The van der Waals surface area contributed by atoms with Gasteiger partial charge in [0.1, 0.15) is 5.76 Å². The van der Waals surface area contributed by atoms with Crippen LogP contribution in [-0.2, 0) is 4.79 Å². The molecule has 2 heterocycles. The number of hydrogen-bond donors (Lipinski definition) is 2. The van der Waals surface area contributed by atoms with E-state index in [9.17, 15) is 4.79 Å². The van der Waals surface area contributed by atoms with E-state index < -0.39 is 0 Å². The summed E-state index contributed by atoms with van der Waals surface area (Å²) in [6, 6.07) is 2.00. The molecule has 4 atom stereocenters. The van der Waals surface area contributed by atoms with Crippen molar-refractivity contribution in [2.24, 2.45) is 11.8 Å². The number of nitrogens with zero attached hydrogens (tertiary/aromatic N) is 2. The Kier molecular flexibility index (Phi) is 3.70. The second-order valence-electron chi connectivity index (χ2n) is 7.44. The zero-order valence-corrected chi connectivity index (χ0v) is 14.4. The number of aromatic amines is 1. The molecule has 0 saturated heterocycles. The molecule has 0 spiro atoms. The summed E-state index contributed by atoms with van der Waals surface area (Å²) in [5.74, 6) is 3.16. The predicted octanol–water partition coefficient (Wildman–Crippen LogP) is 3.66. The van der Waals surface area contributed by atoms with Crippen LogP contribution in [0.2, 0.25) is 0 Å². The van der Waals surface area contributed by atoms with E-state index >= 15 is 0 Å². The summed E-state index contributed by atoms with van der Waals surface area (Å²) in [6.07, 6.45) is 5.33. The standard InChI is InChI=1S/C18H24N4O2/c1-9(17-10(2)22-24-11(17)3)18(23)19-16-8-15(20-21-16)14-7-12-4-5-13(14)6-12/h8-9,12-14H,4-7H2,1-3H3,(H2,19,20,21,23)/t9-,12-,13-,14+/m0/s1. The molecule has 2 aromatic rings. The van der Waals surface area contributed by atoms with E-state index in [4.69, 9.17) is 4.52 Å². The van der Waals surface area contributed by atoms with Crippen molar-refractivity contribution in [1.82, 2.24) is 15.4 Å². The Morgan fingerprint density at radius 2 is 2.21 bits per heavy atom. The van der Waals surface area contributed by atoms with E-state index in [1.807, 2.05) is 26.8 Å². The molecule has 0 aliphatic heterocycles. The van der Waals surface area contributed by atoms with Crippen LogP contribution in [0.15, 0.2) is 10.6 Å². The monoisotopic (exact) mass is 328 g/mol. The summed E-state index contributed by atoms with van der Waals surface area (Å²) in [7, 11) is 0. The van der Waals surface area contributed by atoms with Crippen LogP contribution in [-0.4, -0.2) is 21.3 Å². The third-order valence-electron chi connectivity index (χ3n) is 5.90. The molecule has 2 bridgehead atoms. The average molecular weight is 328 g/mol. The number of H-pyrrole nitrogens is 1. The van der Waals surface area contributed by atoms with E-state index in [0.717, 1.165) is 23.1 Å². The van der Waals surface area contributed by atoms with Crippen LogP contribution in [0.5, 0.6) is 0 Å². The molecule has 2 fully saturated rings. The van der Waals surface area contributed by atoms with Gasteiger partial charge in [-0.15, -0.1) is 0 Å². The van der Waals surface area contributed by atoms with Crippen molar-refractivity contribution in [3.63, 3.8) is 0 Å². The molecule has 0 aromatic carbocycles. The molecular weight excluding hydrogens is 304 g/mol. The molecule has 2 aliphatic carbocycles. The maximum atomic E-state index is 12.5. The number of aromatic nitrogens is 3. The van der Waals surface area contributed by atoms with E-state index in [0.29, 0.717) is 17.5 Å². The second kappa shape index (κ2) is 5.76. The van der Waals surface area contributed by atoms with Gasteiger partial charge in [-0.25, -0.2) is 0 Å². The van der Waals surface area contributed by atoms with Gasteiger partial charge in [0.15, 0.2) is 5.82 Å². The highest BCUT2D eigenvalue weighted by Crippen LogP contribution is 2.52. The first-order valence-corrected chi connectivity index (χ1v) is 8.82. The Bertz CT molecular complexity index is 743. The van der Waals surface area contributed by atoms with Crippen molar-refractivity contribution < 1.29 is 9.32 Å². The molecule has 24 heavy (non-hydrogen) atoms. The van der Waals surface area contributed by atoms with Crippen molar-refractivity contribution in [2.45, 2.75) is 58.3 Å². The van der Waals surface area contributed by atoms with Gasteiger partial charge in [-0.1, -0.05) is 11.6 Å². The molecule has 1 amide bonds. The zero-order chi connectivity index (χ0) is 16.8. The van der Waals surface area contributed by atoms with Crippen LogP contribution in [0.1, 0.15) is 67.2 Å². The number of hydrogen-bond acceptors (Lipinski definition) is 4. The van der Waals surface area contributed by atoms with Crippen LogP contribution in [0, 0.1) is 25.7 Å². The number of aryl methyl sites for hydroxylation is 2. The number of carbonyl (C=O) groups is 1. The topological polar surface area (TPSA) is 83.8 Å². The number of rotatable bonds is 4. The number of fused-ring (bicyclic) bond motifs is 2. The van der Waals surface area contributed by atoms with Crippen molar-refractivity contribution in [1.29, 1.82) is 0 Å². The maximum Gasteiger partial charge on any atom is 0.233 e. The second-order valence-corrected chi connectivity index (χ2v) is 7.44. The molecule has 6 nitrogen and oxygen atoms in total. The third kappa shape index (κ3) is 2.54. The lowest BCUT2D eigenvalue weighted by molar-refractivity contribution is -0.117. The number of amides is 1. The minimum absolute atomic E-state index is 0.0876. The predicted molar refractivity (Wildman–Crippen MR) is 89.8 cm³/mol. The van der Waals surface area contributed by atoms with Crippen molar-refractivity contribution in [2.75, 3.05) is 5.32 Å².